The van der Waals surface area contributed by atoms with Gasteiger partial charge in [0, 0.05) is 43.2 Å². The lowest BCUT2D eigenvalue weighted by molar-refractivity contribution is -0.125. The molecule has 164 valence electrons. The van der Waals surface area contributed by atoms with Gasteiger partial charge in [0.15, 0.2) is 11.6 Å². The first-order valence-electron chi connectivity index (χ1n) is 10.2. The van der Waals surface area contributed by atoms with Gasteiger partial charge in [-0.3, -0.25) is 4.79 Å². The highest BCUT2D eigenvalue weighted by Gasteiger charge is 2.15. The average Bonchev–Trinajstić information content (AvgIpc) is 3.30. The smallest absolute Gasteiger partial charge is 0.246 e. The number of halogens is 1. The predicted molar refractivity (Wildman–Crippen MR) is 120 cm³/mol. The largest absolute Gasteiger partial charge is 0.494 e. The van der Waals surface area contributed by atoms with Crippen molar-refractivity contribution in [1.82, 2.24) is 19.2 Å². The number of nitrogens with zero attached hydrogens (tertiary/aromatic N) is 4. The van der Waals surface area contributed by atoms with Crippen LogP contribution >= 0.6 is 0 Å². The summed E-state index contributed by atoms with van der Waals surface area (Å²) >= 11 is 0. The number of ether oxygens (including phenoxy) is 1. The van der Waals surface area contributed by atoms with Gasteiger partial charge in [-0.05, 0) is 63.1 Å². The van der Waals surface area contributed by atoms with Crippen molar-refractivity contribution < 1.29 is 13.9 Å². The number of carbonyl (C=O) groups excluding carboxylic acids is 1. The van der Waals surface area contributed by atoms with Crippen LogP contribution in [-0.4, -0.2) is 39.3 Å². The lowest BCUT2D eigenvalue weighted by atomic mass is 10.2. The van der Waals surface area contributed by atoms with Crippen molar-refractivity contribution in [3.05, 3.63) is 70.9 Å². The molecule has 3 aromatic rings. The molecule has 0 fully saturated rings. The minimum Gasteiger partial charge on any atom is -0.494 e. The molecule has 0 bridgehead atoms. The molecule has 0 radical (unpaired) electrons. The average molecular weight is 425 g/mol. The van der Waals surface area contributed by atoms with Crippen LogP contribution in [0.15, 0.2) is 42.6 Å². The fourth-order valence-electron chi connectivity index (χ4n) is 3.64. The van der Waals surface area contributed by atoms with Crippen LogP contribution in [0.5, 0.6) is 5.75 Å². The van der Waals surface area contributed by atoms with Crippen LogP contribution in [0.25, 0.3) is 11.9 Å². The topological polar surface area (TPSA) is 52.3 Å². The monoisotopic (exact) mass is 424 g/mol. The summed E-state index contributed by atoms with van der Waals surface area (Å²) in [6, 6.07) is 8.98. The van der Waals surface area contributed by atoms with Gasteiger partial charge in [0.1, 0.15) is 5.82 Å². The van der Waals surface area contributed by atoms with Crippen molar-refractivity contribution in [3.8, 4) is 11.6 Å². The molecule has 31 heavy (non-hydrogen) atoms. The molecule has 0 atom stereocenters. The molecule has 0 saturated heterocycles. The number of benzene rings is 1. The lowest BCUT2D eigenvalue weighted by Gasteiger charge is -2.16. The van der Waals surface area contributed by atoms with E-state index in [1.54, 1.807) is 36.4 Å². The number of hydrogen-bond donors (Lipinski definition) is 0. The van der Waals surface area contributed by atoms with Crippen LogP contribution in [0.4, 0.5) is 4.39 Å². The van der Waals surface area contributed by atoms with Crippen LogP contribution in [0.2, 0.25) is 0 Å². The summed E-state index contributed by atoms with van der Waals surface area (Å²) in [5, 5.41) is 4.42. The molecule has 0 saturated carbocycles. The third-order valence-corrected chi connectivity index (χ3v) is 5.26. The van der Waals surface area contributed by atoms with E-state index in [0.717, 1.165) is 22.8 Å². The number of hydrogen-bond acceptors (Lipinski definition) is 3. The molecule has 0 aliphatic carbocycles. The maximum atomic E-state index is 13.9. The van der Waals surface area contributed by atoms with Crippen LogP contribution in [0.1, 0.15) is 42.4 Å². The second-order valence-corrected chi connectivity index (χ2v) is 7.89. The van der Waals surface area contributed by atoms with Crippen molar-refractivity contribution >= 4 is 12.0 Å². The Morgan fingerprint density at radius 2 is 2.00 bits per heavy atom. The third kappa shape index (κ3) is 4.71. The molecule has 0 aliphatic heterocycles. The molecular weight excluding hydrogens is 395 g/mol. The standard InChI is InChI=1S/C24H29FN4O2/c1-16(2)29-23(11-12-26-29)28-17(3)13-20(18(28)4)8-10-24(30)27(5)15-19-7-9-22(31-6)21(25)14-19/h7-14,16H,15H2,1-6H3/b10-8+. The summed E-state index contributed by atoms with van der Waals surface area (Å²) in [7, 11) is 3.12. The van der Waals surface area contributed by atoms with E-state index in [2.05, 4.69) is 29.6 Å². The Balaban J connectivity index is 1.76. The van der Waals surface area contributed by atoms with Gasteiger partial charge in [-0.25, -0.2) is 9.07 Å². The molecule has 0 N–H and O–H groups in total. The molecule has 0 aliphatic rings. The molecule has 1 aromatic carbocycles. The van der Waals surface area contributed by atoms with Crippen LogP contribution in [0, 0.1) is 19.7 Å². The van der Waals surface area contributed by atoms with Crippen LogP contribution in [-0.2, 0) is 11.3 Å². The normalized spacial score (nSPS) is 11.5. The third-order valence-electron chi connectivity index (χ3n) is 5.26. The number of amides is 1. The molecule has 3 rings (SSSR count). The Morgan fingerprint density at radius 3 is 2.65 bits per heavy atom. The minimum atomic E-state index is -0.440. The minimum absolute atomic E-state index is 0.159. The molecule has 2 aromatic heterocycles. The maximum absolute atomic E-state index is 13.9. The molecule has 7 heteroatoms. The fourth-order valence-corrected chi connectivity index (χ4v) is 3.64. The summed E-state index contributed by atoms with van der Waals surface area (Å²) in [5.41, 5.74) is 3.76. The number of aromatic nitrogens is 3. The number of rotatable bonds is 7. The van der Waals surface area contributed by atoms with E-state index in [-0.39, 0.29) is 17.7 Å². The van der Waals surface area contributed by atoms with E-state index < -0.39 is 5.82 Å². The molecule has 0 unspecified atom stereocenters. The summed E-state index contributed by atoms with van der Waals surface area (Å²) in [6.45, 7) is 8.55. The van der Waals surface area contributed by atoms with Crippen molar-refractivity contribution in [2.45, 2.75) is 40.3 Å². The second-order valence-electron chi connectivity index (χ2n) is 7.89. The summed E-state index contributed by atoms with van der Waals surface area (Å²) in [4.78, 5) is 14.2. The lowest BCUT2D eigenvalue weighted by Crippen LogP contribution is -2.24. The zero-order valence-corrected chi connectivity index (χ0v) is 18.9. The van der Waals surface area contributed by atoms with Crippen molar-refractivity contribution in [2.75, 3.05) is 14.2 Å². The zero-order chi connectivity index (χ0) is 22.7. The maximum Gasteiger partial charge on any atom is 0.246 e. The molecule has 6 nitrogen and oxygen atoms in total. The Kier molecular flexibility index (Phi) is 6.63. The first-order chi connectivity index (χ1) is 14.7. The van der Waals surface area contributed by atoms with Crippen LogP contribution < -0.4 is 4.74 Å². The van der Waals surface area contributed by atoms with Crippen LogP contribution in [0.3, 0.4) is 0 Å². The van der Waals surface area contributed by atoms with E-state index in [0.29, 0.717) is 12.1 Å². The zero-order valence-electron chi connectivity index (χ0n) is 18.9. The molecule has 0 spiro atoms. The number of carbonyl (C=O) groups is 1. The van der Waals surface area contributed by atoms with Gasteiger partial charge in [0.2, 0.25) is 5.91 Å². The van der Waals surface area contributed by atoms with Gasteiger partial charge in [0.25, 0.3) is 0 Å². The SMILES string of the molecule is COc1ccc(CN(C)C(=O)/C=C/c2cc(C)n(-c3ccnn3C(C)C)c2C)cc1F. The first-order valence-corrected chi connectivity index (χ1v) is 10.2. The van der Waals surface area contributed by atoms with Crippen molar-refractivity contribution in [2.24, 2.45) is 0 Å². The quantitative estimate of drug-likeness (QED) is 0.517. The summed E-state index contributed by atoms with van der Waals surface area (Å²) in [6.07, 6.45) is 5.16. The Bertz CT molecular complexity index is 1110. The van der Waals surface area contributed by atoms with E-state index in [4.69, 9.17) is 4.74 Å². The Morgan fingerprint density at radius 1 is 1.26 bits per heavy atom. The van der Waals surface area contributed by atoms with Gasteiger partial charge in [-0.15, -0.1) is 0 Å². The van der Waals surface area contributed by atoms with Gasteiger partial charge in [-0.2, -0.15) is 5.10 Å². The highest BCUT2D eigenvalue weighted by atomic mass is 19.1. The number of aryl methyl sites for hydroxylation is 1. The van der Waals surface area contributed by atoms with Crippen molar-refractivity contribution in [1.29, 1.82) is 0 Å². The second kappa shape index (κ2) is 9.20. The highest BCUT2D eigenvalue weighted by molar-refractivity contribution is 5.91. The summed E-state index contributed by atoms with van der Waals surface area (Å²) < 4.78 is 22.9. The van der Waals surface area contributed by atoms with Gasteiger partial charge < -0.3 is 14.2 Å². The van der Waals surface area contributed by atoms with E-state index in [9.17, 15) is 9.18 Å². The van der Waals surface area contributed by atoms with Gasteiger partial charge >= 0.3 is 0 Å². The van der Waals surface area contributed by atoms with E-state index in [1.165, 1.54) is 13.2 Å². The molecule has 1 amide bonds. The number of methoxy groups -OCH3 is 1. The van der Waals surface area contributed by atoms with Gasteiger partial charge in [-0.1, -0.05) is 6.07 Å². The van der Waals surface area contributed by atoms with E-state index in [1.807, 2.05) is 30.7 Å². The fraction of sp³-hybridized carbons (Fsp3) is 0.333. The predicted octanol–water partition coefficient (Wildman–Crippen LogP) is 4.69. The van der Waals surface area contributed by atoms with Crippen molar-refractivity contribution in [3.63, 3.8) is 0 Å². The van der Waals surface area contributed by atoms with E-state index >= 15 is 0 Å². The molecular formula is C24H29FN4O2. The first kappa shape index (κ1) is 22.3. The summed E-state index contributed by atoms with van der Waals surface area (Å²) in [5.74, 6) is 0.583. The Labute approximate surface area is 182 Å². The molecule has 2 heterocycles. The number of likely N-dealkylation sites (N-methyl/N-ethyl adjacent to an activating group) is 1. The Hall–Kier alpha value is -3.35. The highest BCUT2D eigenvalue weighted by Crippen LogP contribution is 2.24. The van der Waals surface area contributed by atoms with Gasteiger partial charge in [0.05, 0.1) is 13.3 Å².